The molecule has 2 rings (SSSR count). The molecule has 10 N–H and O–H groups in total. The third-order valence-corrected chi connectivity index (χ3v) is 9.18. The van der Waals surface area contributed by atoms with Crippen molar-refractivity contribution in [2.75, 3.05) is 6.54 Å². The fourth-order valence-corrected chi connectivity index (χ4v) is 5.65. The Hall–Kier alpha value is -4.31. The molecule has 15 heteroatoms. The van der Waals surface area contributed by atoms with Crippen molar-refractivity contribution < 1.29 is 39.1 Å². The molecule has 0 aliphatic rings. The van der Waals surface area contributed by atoms with Crippen LogP contribution in [0.1, 0.15) is 108 Å². The number of nitrogens with one attached hydrogen (secondary N) is 5. The van der Waals surface area contributed by atoms with Gasteiger partial charge < -0.3 is 47.5 Å². The van der Waals surface area contributed by atoms with E-state index in [4.69, 9.17) is 5.73 Å². The fourth-order valence-electron chi connectivity index (χ4n) is 5.65. The van der Waals surface area contributed by atoms with Crippen LogP contribution in [0.15, 0.2) is 48.5 Å². The first-order chi connectivity index (χ1) is 25.7. The van der Waals surface area contributed by atoms with Crippen molar-refractivity contribution in [2.45, 2.75) is 135 Å². The van der Waals surface area contributed by atoms with Crippen LogP contribution < -0.4 is 32.3 Å². The Morgan fingerprint density at radius 1 is 0.648 bits per heavy atom. The van der Waals surface area contributed by atoms with E-state index in [0.29, 0.717) is 37.8 Å². The predicted molar refractivity (Wildman–Crippen MR) is 210 cm³/mol. The number of benzene rings is 2. The van der Waals surface area contributed by atoms with Crippen molar-refractivity contribution in [3.8, 4) is 11.1 Å². The van der Waals surface area contributed by atoms with Gasteiger partial charge in [0, 0.05) is 5.56 Å². The SMILES string of the molecule is CCCCC[C@H](NC(=O)c1ccc(-c2ccc(CCCC)cc2)cc1)C(=O)N[C@H](C(=O)N[C@@H](C)C(=O)N[C@@H](CCCCN)C(=O)N[C@@H](C)B(O)O)[C@@H](C)O. The minimum absolute atomic E-state index is 0.207. The smallest absolute Gasteiger partial charge is 0.426 e. The van der Waals surface area contributed by atoms with E-state index in [1.807, 2.05) is 19.1 Å². The van der Waals surface area contributed by atoms with E-state index < -0.39 is 72.9 Å². The van der Waals surface area contributed by atoms with E-state index in [2.05, 4.69) is 57.8 Å². The van der Waals surface area contributed by atoms with Gasteiger partial charge in [-0.1, -0.05) is 75.9 Å². The number of carbonyl (C=O) groups excluding carboxylic acids is 5. The van der Waals surface area contributed by atoms with Gasteiger partial charge in [-0.3, -0.25) is 24.0 Å². The maximum atomic E-state index is 13.6. The summed E-state index contributed by atoms with van der Waals surface area (Å²) in [5, 5.41) is 42.1. The maximum absolute atomic E-state index is 13.6. The number of hydrogen-bond donors (Lipinski definition) is 9. The monoisotopic (exact) mass is 752 g/mol. The summed E-state index contributed by atoms with van der Waals surface area (Å²) in [5.74, 6) is -4.36. The predicted octanol–water partition coefficient (Wildman–Crippen LogP) is 1.88. The maximum Gasteiger partial charge on any atom is 0.475 e. The Morgan fingerprint density at radius 2 is 1.19 bits per heavy atom. The Kier molecular flexibility index (Phi) is 20.5. The summed E-state index contributed by atoms with van der Waals surface area (Å²) in [7, 11) is -1.81. The number of carbonyl (C=O) groups is 5. The average Bonchev–Trinajstić information content (AvgIpc) is 3.15. The zero-order valence-electron chi connectivity index (χ0n) is 32.4. The Morgan fingerprint density at radius 3 is 1.72 bits per heavy atom. The van der Waals surface area contributed by atoms with Gasteiger partial charge in [0.1, 0.15) is 24.2 Å². The molecule has 0 saturated carbocycles. The van der Waals surface area contributed by atoms with Gasteiger partial charge in [0.25, 0.3) is 5.91 Å². The second kappa shape index (κ2) is 24.2. The van der Waals surface area contributed by atoms with Gasteiger partial charge in [0.2, 0.25) is 23.6 Å². The molecule has 6 atom stereocenters. The second-order valence-electron chi connectivity index (χ2n) is 13.9. The quantitative estimate of drug-likeness (QED) is 0.0562. The largest absolute Gasteiger partial charge is 0.475 e. The van der Waals surface area contributed by atoms with Crippen molar-refractivity contribution in [3.63, 3.8) is 0 Å². The normalized spacial score (nSPS) is 14.4. The lowest BCUT2D eigenvalue weighted by molar-refractivity contribution is -0.135. The molecule has 298 valence electrons. The number of nitrogens with two attached hydrogens (primary N) is 1. The Bertz CT molecular complexity index is 1470. The first kappa shape index (κ1) is 45.9. The van der Waals surface area contributed by atoms with E-state index in [9.17, 15) is 39.1 Å². The molecular formula is C39H61BN6O8. The summed E-state index contributed by atoms with van der Waals surface area (Å²) in [6.07, 6.45) is 5.81. The van der Waals surface area contributed by atoms with Crippen molar-refractivity contribution in [3.05, 3.63) is 59.7 Å². The van der Waals surface area contributed by atoms with E-state index >= 15 is 0 Å². The molecule has 0 fully saturated rings. The number of aryl methyl sites for hydroxylation is 1. The van der Waals surface area contributed by atoms with Crippen molar-refractivity contribution in [1.82, 2.24) is 26.6 Å². The first-order valence-electron chi connectivity index (χ1n) is 19.2. The number of rotatable bonds is 24. The number of aliphatic hydroxyl groups excluding tert-OH is 1. The third-order valence-electron chi connectivity index (χ3n) is 9.18. The van der Waals surface area contributed by atoms with Crippen molar-refractivity contribution in [2.24, 2.45) is 5.73 Å². The van der Waals surface area contributed by atoms with Gasteiger partial charge in [-0.15, -0.1) is 0 Å². The van der Waals surface area contributed by atoms with Crippen LogP contribution in [0.2, 0.25) is 0 Å². The van der Waals surface area contributed by atoms with Crippen LogP contribution in [0.3, 0.4) is 0 Å². The highest BCUT2D eigenvalue weighted by Crippen LogP contribution is 2.21. The number of amides is 5. The van der Waals surface area contributed by atoms with Crippen LogP contribution in [0, 0.1) is 0 Å². The van der Waals surface area contributed by atoms with Gasteiger partial charge in [-0.25, -0.2) is 0 Å². The van der Waals surface area contributed by atoms with Crippen LogP contribution in [-0.2, 0) is 25.6 Å². The molecular weight excluding hydrogens is 691 g/mol. The molecule has 54 heavy (non-hydrogen) atoms. The number of aliphatic hydroxyl groups is 1. The van der Waals surface area contributed by atoms with Crippen molar-refractivity contribution in [1.29, 1.82) is 0 Å². The lowest BCUT2D eigenvalue weighted by Gasteiger charge is -2.27. The molecule has 0 radical (unpaired) electrons. The second-order valence-corrected chi connectivity index (χ2v) is 13.9. The van der Waals surface area contributed by atoms with Crippen LogP contribution >= 0.6 is 0 Å². The van der Waals surface area contributed by atoms with Crippen molar-refractivity contribution >= 4 is 36.7 Å². The van der Waals surface area contributed by atoms with Crippen LogP contribution in [0.5, 0.6) is 0 Å². The van der Waals surface area contributed by atoms with E-state index in [0.717, 1.165) is 43.2 Å². The zero-order valence-corrected chi connectivity index (χ0v) is 32.4. The fraction of sp³-hybridized carbons (Fsp3) is 0.564. The summed E-state index contributed by atoms with van der Waals surface area (Å²) in [5.41, 5.74) is 9.16. The zero-order chi connectivity index (χ0) is 40.2. The third kappa shape index (κ3) is 15.6. The average molecular weight is 753 g/mol. The van der Waals surface area contributed by atoms with E-state index in [1.165, 1.54) is 26.3 Å². The Labute approximate surface area is 320 Å². The van der Waals surface area contributed by atoms with Crippen LogP contribution in [-0.4, -0.2) is 94.6 Å². The summed E-state index contributed by atoms with van der Waals surface area (Å²) >= 11 is 0. The molecule has 2 aromatic rings. The summed E-state index contributed by atoms with van der Waals surface area (Å²) in [6, 6.07) is 10.7. The molecule has 0 aromatic heterocycles. The van der Waals surface area contributed by atoms with Gasteiger partial charge in [0.05, 0.1) is 12.0 Å². The molecule has 0 aliphatic heterocycles. The highest BCUT2D eigenvalue weighted by Gasteiger charge is 2.33. The highest BCUT2D eigenvalue weighted by atomic mass is 16.4. The van der Waals surface area contributed by atoms with Gasteiger partial charge in [-0.2, -0.15) is 0 Å². The molecule has 0 saturated heterocycles. The molecule has 5 amide bonds. The lowest BCUT2D eigenvalue weighted by Crippen LogP contribution is -2.60. The molecule has 0 bridgehead atoms. The van der Waals surface area contributed by atoms with Gasteiger partial charge in [0.15, 0.2) is 0 Å². The molecule has 0 spiro atoms. The van der Waals surface area contributed by atoms with Gasteiger partial charge >= 0.3 is 7.12 Å². The molecule has 0 heterocycles. The standard InChI is InChI=1S/C39H61BN6O8/c1-6-8-10-14-33(45-36(49)31-22-20-30(21-23-31)29-18-16-28(17-19-29)13-9-7-2)38(51)46-34(26(4)47)39(52)42-25(3)35(48)44-32(15-11-12-24-41)37(50)43-27(5)40(53)54/h16-23,25-27,32-34,47,53-54H,6-15,24,41H2,1-5H3,(H,42,52)(H,43,50)(H,44,48)(H,45,49)(H,46,51)/t25-,26+,27-,32-,33-,34-/m0/s1. The minimum atomic E-state index is -1.81. The number of hydrogen-bond acceptors (Lipinski definition) is 9. The minimum Gasteiger partial charge on any atom is -0.426 e. The highest BCUT2D eigenvalue weighted by molar-refractivity contribution is 6.43. The summed E-state index contributed by atoms with van der Waals surface area (Å²) in [6.45, 7) is 8.63. The van der Waals surface area contributed by atoms with E-state index in [-0.39, 0.29) is 6.42 Å². The lowest BCUT2D eigenvalue weighted by atomic mass is 9.81. The van der Waals surface area contributed by atoms with Crippen LogP contribution in [0.4, 0.5) is 0 Å². The molecule has 0 aliphatic carbocycles. The summed E-state index contributed by atoms with van der Waals surface area (Å²) in [4.78, 5) is 66.1. The first-order valence-corrected chi connectivity index (χ1v) is 19.2. The van der Waals surface area contributed by atoms with Gasteiger partial charge in [-0.05, 0) is 94.7 Å². The summed E-state index contributed by atoms with van der Waals surface area (Å²) < 4.78 is 0. The number of unbranched alkanes of at least 4 members (excludes halogenated alkanes) is 4. The van der Waals surface area contributed by atoms with E-state index in [1.54, 1.807) is 12.1 Å². The molecule has 14 nitrogen and oxygen atoms in total. The molecule has 0 unspecified atom stereocenters. The molecule has 2 aromatic carbocycles. The Balaban J connectivity index is 2.11. The van der Waals surface area contributed by atoms with Crippen LogP contribution in [0.25, 0.3) is 11.1 Å². The topological polar surface area (TPSA) is 232 Å².